The molecule has 0 fully saturated rings. The van der Waals surface area contributed by atoms with Gasteiger partial charge in [-0.25, -0.2) is 8.78 Å². The molecule has 0 bridgehead atoms. The van der Waals surface area contributed by atoms with E-state index in [0.717, 1.165) is 10.8 Å². The number of benzene rings is 1. The molecule has 6 heteroatoms. The van der Waals surface area contributed by atoms with Crippen molar-refractivity contribution in [1.82, 2.24) is 4.57 Å². The molecule has 2 heterocycles. The van der Waals surface area contributed by atoms with E-state index in [4.69, 9.17) is 0 Å². The van der Waals surface area contributed by atoms with Gasteiger partial charge in [0.1, 0.15) is 11.6 Å². The predicted octanol–water partition coefficient (Wildman–Crippen LogP) is 3.07. The van der Waals surface area contributed by atoms with Gasteiger partial charge in [0.2, 0.25) is 0 Å². The first kappa shape index (κ1) is 13.9. The Balaban J connectivity index is 1.94. The van der Waals surface area contributed by atoms with Crippen LogP contribution in [0.1, 0.15) is 11.7 Å². The predicted molar refractivity (Wildman–Crippen MR) is 77.4 cm³/mol. The van der Waals surface area contributed by atoms with E-state index in [1.807, 2.05) is 5.38 Å². The molecule has 0 radical (unpaired) electrons. The fraction of sp³-hybridized carbons (Fsp3) is 0.133. The van der Waals surface area contributed by atoms with Gasteiger partial charge in [0.05, 0.1) is 18.0 Å². The van der Waals surface area contributed by atoms with Crippen LogP contribution in [0.25, 0.3) is 10.1 Å². The molecular weight excluding hydrogens is 296 g/mol. The lowest BCUT2D eigenvalue weighted by atomic mass is 10.1. The molecule has 0 saturated heterocycles. The Morgan fingerprint density at radius 3 is 2.81 bits per heavy atom. The maximum Gasteiger partial charge on any atom is 0.259 e. The highest BCUT2D eigenvalue weighted by Gasteiger charge is 2.15. The number of rotatable bonds is 3. The number of halogens is 2. The average molecular weight is 307 g/mol. The van der Waals surface area contributed by atoms with Crippen LogP contribution in [0.4, 0.5) is 8.78 Å². The van der Waals surface area contributed by atoms with Crippen molar-refractivity contribution in [2.75, 3.05) is 0 Å². The molecule has 108 valence electrons. The minimum atomic E-state index is -1.22. The van der Waals surface area contributed by atoms with Crippen molar-refractivity contribution in [1.29, 1.82) is 0 Å². The summed E-state index contributed by atoms with van der Waals surface area (Å²) in [6, 6.07) is 6.46. The molecular formula is C15H11F2NO2S. The second-order valence-electron chi connectivity index (χ2n) is 4.65. The van der Waals surface area contributed by atoms with Gasteiger partial charge >= 0.3 is 0 Å². The van der Waals surface area contributed by atoms with Crippen LogP contribution in [0.5, 0.6) is 0 Å². The Kier molecular flexibility index (Phi) is 3.57. The fourth-order valence-electron chi connectivity index (χ4n) is 2.21. The van der Waals surface area contributed by atoms with E-state index in [0.29, 0.717) is 11.5 Å². The average Bonchev–Trinajstić information content (AvgIpc) is 2.91. The third-order valence-electron chi connectivity index (χ3n) is 3.28. The maximum absolute atomic E-state index is 13.6. The van der Waals surface area contributed by atoms with Crippen LogP contribution in [0.15, 0.2) is 46.7 Å². The molecule has 0 aliphatic rings. The van der Waals surface area contributed by atoms with Crippen LogP contribution in [-0.2, 0) is 6.54 Å². The molecule has 1 N–H and O–H groups in total. The minimum Gasteiger partial charge on any atom is -0.386 e. The number of nitrogens with zero attached hydrogens (tertiary/aromatic N) is 1. The largest absolute Gasteiger partial charge is 0.386 e. The van der Waals surface area contributed by atoms with Gasteiger partial charge in [-0.2, -0.15) is 0 Å². The number of hydrogen-bond donors (Lipinski definition) is 1. The first-order valence-electron chi connectivity index (χ1n) is 6.26. The summed E-state index contributed by atoms with van der Waals surface area (Å²) in [6.07, 6.45) is 0.339. The summed E-state index contributed by atoms with van der Waals surface area (Å²) in [7, 11) is 0. The standard InChI is InChI=1S/C15H11F2NO2S/c16-9-1-2-10(12(17)7-9)13(19)8-18-5-3-14-11(15(18)20)4-6-21-14/h1-7,13,19H,8H2/t13-/m0/s1. The molecule has 0 unspecified atom stereocenters. The summed E-state index contributed by atoms with van der Waals surface area (Å²) < 4.78 is 28.7. The second kappa shape index (κ2) is 5.38. The summed E-state index contributed by atoms with van der Waals surface area (Å²) in [5, 5.41) is 12.4. The Labute approximate surface area is 122 Å². The zero-order valence-corrected chi connectivity index (χ0v) is 11.6. The Hall–Kier alpha value is -2.05. The number of pyridine rings is 1. The third kappa shape index (κ3) is 2.59. The molecule has 3 nitrogen and oxygen atoms in total. The van der Waals surface area contributed by atoms with Crippen LogP contribution < -0.4 is 5.56 Å². The molecule has 0 saturated carbocycles. The lowest BCUT2D eigenvalue weighted by Crippen LogP contribution is -2.22. The summed E-state index contributed by atoms with van der Waals surface area (Å²) >= 11 is 1.45. The second-order valence-corrected chi connectivity index (χ2v) is 5.60. The van der Waals surface area contributed by atoms with Crippen molar-refractivity contribution in [2.45, 2.75) is 12.6 Å². The molecule has 0 aliphatic heterocycles. The number of aliphatic hydroxyl groups is 1. The first-order valence-corrected chi connectivity index (χ1v) is 7.14. The van der Waals surface area contributed by atoms with Crippen LogP contribution in [0, 0.1) is 11.6 Å². The number of aliphatic hydroxyl groups excluding tert-OH is 1. The van der Waals surface area contributed by atoms with Gasteiger partial charge in [-0.1, -0.05) is 6.07 Å². The van der Waals surface area contributed by atoms with E-state index < -0.39 is 17.7 Å². The van der Waals surface area contributed by atoms with E-state index in [9.17, 15) is 18.7 Å². The van der Waals surface area contributed by atoms with Gasteiger partial charge in [-0.3, -0.25) is 4.79 Å². The molecule has 0 spiro atoms. The van der Waals surface area contributed by atoms with E-state index in [-0.39, 0.29) is 17.7 Å². The fourth-order valence-corrected chi connectivity index (χ4v) is 2.98. The normalized spacial score (nSPS) is 12.7. The monoisotopic (exact) mass is 307 g/mol. The zero-order valence-electron chi connectivity index (χ0n) is 10.8. The molecule has 3 aromatic rings. The van der Waals surface area contributed by atoms with E-state index >= 15 is 0 Å². The van der Waals surface area contributed by atoms with Crippen molar-refractivity contribution in [3.63, 3.8) is 0 Å². The first-order chi connectivity index (χ1) is 10.1. The Bertz CT molecular complexity index is 856. The zero-order chi connectivity index (χ0) is 15.0. The number of thiophene rings is 1. The highest BCUT2D eigenvalue weighted by atomic mass is 32.1. The van der Waals surface area contributed by atoms with Crippen LogP contribution >= 0.6 is 11.3 Å². The van der Waals surface area contributed by atoms with Crippen molar-refractivity contribution in [3.8, 4) is 0 Å². The molecule has 0 amide bonds. The van der Waals surface area contributed by atoms with E-state index in [1.54, 1.807) is 18.3 Å². The Morgan fingerprint density at radius 1 is 1.24 bits per heavy atom. The van der Waals surface area contributed by atoms with Crippen molar-refractivity contribution in [2.24, 2.45) is 0 Å². The molecule has 0 aliphatic carbocycles. The lowest BCUT2D eigenvalue weighted by molar-refractivity contribution is 0.151. The third-order valence-corrected chi connectivity index (χ3v) is 4.17. The van der Waals surface area contributed by atoms with Crippen molar-refractivity contribution in [3.05, 3.63) is 69.5 Å². The molecule has 2 aromatic heterocycles. The van der Waals surface area contributed by atoms with Gasteiger partial charge in [-0.15, -0.1) is 11.3 Å². The van der Waals surface area contributed by atoms with E-state index in [1.165, 1.54) is 22.0 Å². The van der Waals surface area contributed by atoms with E-state index in [2.05, 4.69) is 0 Å². The van der Waals surface area contributed by atoms with Gasteiger partial charge in [0.15, 0.2) is 0 Å². The van der Waals surface area contributed by atoms with Crippen LogP contribution in [0.3, 0.4) is 0 Å². The number of fused-ring (bicyclic) bond motifs is 1. The SMILES string of the molecule is O=c1c2ccsc2ccn1C[C@H](O)c1ccc(F)cc1F. The maximum atomic E-state index is 13.6. The topological polar surface area (TPSA) is 42.2 Å². The van der Waals surface area contributed by atoms with Crippen LogP contribution in [0.2, 0.25) is 0 Å². The molecule has 1 atom stereocenters. The van der Waals surface area contributed by atoms with Gasteiger partial charge in [0, 0.05) is 22.5 Å². The highest BCUT2D eigenvalue weighted by Crippen LogP contribution is 2.21. The number of aromatic nitrogens is 1. The van der Waals surface area contributed by atoms with Gasteiger partial charge in [0.25, 0.3) is 5.56 Å². The highest BCUT2D eigenvalue weighted by molar-refractivity contribution is 7.17. The van der Waals surface area contributed by atoms with Crippen molar-refractivity contribution >= 4 is 21.4 Å². The summed E-state index contributed by atoms with van der Waals surface area (Å²) in [5.41, 5.74) is -0.274. The number of hydrogen-bond acceptors (Lipinski definition) is 3. The van der Waals surface area contributed by atoms with Gasteiger partial charge < -0.3 is 9.67 Å². The van der Waals surface area contributed by atoms with Crippen LogP contribution in [-0.4, -0.2) is 9.67 Å². The minimum absolute atomic E-state index is 0.0336. The molecule has 21 heavy (non-hydrogen) atoms. The summed E-state index contributed by atoms with van der Waals surface area (Å²) in [6.45, 7) is -0.0901. The van der Waals surface area contributed by atoms with Gasteiger partial charge in [-0.05, 0) is 23.6 Å². The molecule has 3 rings (SSSR count). The quantitative estimate of drug-likeness (QED) is 0.808. The lowest BCUT2D eigenvalue weighted by Gasteiger charge is -2.14. The smallest absolute Gasteiger partial charge is 0.259 e. The Morgan fingerprint density at radius 2 is 2.05 bits per heavy atom. The summed E-state index contributed by atoms with van der Waals surface area (Å²) in [5.74, 6) is -1.53. The molecule has 1 aromatic carbocycles. The van der Waals surface area contributed by atoms with Crippen molar-refractivity contribution < 1.29 is 13.9 Å². The summed E-state index contributed by atoms with van der Waals surface area (Å²) in [4.78, 5) is 12.2.